The van der Waals surface area contributed by atoms with E-state index in [1.54, 1.807) is 6.92 Å². The fourth-order valence-corrected chi connectivity index (χ4v) is 2.09. The summed E-state index contributed by atoms with van der Waals surface area (Å²) in [7, 11) is 0. The molecule has 0 saturated heterocycles. The Morgan fingerprint density at radius 1 is 1.52 bits per heavy atom. The Hall–Kier alpha value is -2.63. The number of aryl methyl sites for hydroxylation is 1. The summed E-state index contributed by atoms with van der Waals surface area (Å²) in [6.45, 7) is 0.287. The van der Waals surface area contributed by atoms with Crippen LogP contribution in [0.3, 0.4) is 0 Å². The maximum atomic E-state index is 13.3. The molecule has 5 nitrogen and oxygen atoms in total. The van der Waals surface area contributed by atoms with Gasteiger partial charge < -0.3 is 5.32 Å². The van der Waals surface area contributed by atoms with E-state index in [-0.39, 0.29) is 5.69 Å². The van der Waals surface area contributed by atoms with Gasteiger partial charge in [0.25, 0.3) is 5.91 Å². The number of rotatable bonds is 3. The van der Waals surface area contributed by atoms with Crippen molar-refractivity contribution in [2.45, 2.75) is 25.1 Å². The Labute approximate surface area is 129 Å². The van der Waals surface area contributed by atoms with Gasteiger partial charge in [-0.3, -0.25) is 10.2 Å². The summed E-state index contributed by atoms with van der Waals surface area (Å²) in [5.41, 5.74) is -0.143. The van der Waals surface area contributed by atoms with Crippen molar-refractivity contribution in [3.8, 4) is 6.07 Å². The lowest BCUT2D eigenvalue weighted by Crippen LogP contribution is -2.53. The van der Waals surface area contributed by atoms with E-state index in [1.165, 1.54) is 18.2 Å². The average Bonchev–Trinajstić information content (AvgIpc) is 2.93. The minimum absolute atomic E-state index is 0.251. The van der Waals surface area contributed by atoms with Crippen molar-refractivity contribution in [3.63, 3.8) is 0 Å². The molecule has 1 atom stereocenters. The number of benzene rings is 1. The van der Waals surface area contributed by atoms with Crippen molar-refractivity contribution >= 4 is 17.3 Å². The highest BCUT2D eigenvalue weighted by molar-refractivity contribution is 6.05. The SMILES string of the molecule is Cc1cc(NC(=O)C2(CF)CC(C(F)(F)F)=NN2)ccc1C#N. The van der Waals surface area contributed by atoms with E-state index < -0.39 is 36.4 Å². The fourth-order valence-electron chi connectivity index (χ4n) is 2.09. The molecule has 0 fully saturated rings. The number of carbonyl (C=O) groups excluding carboxylic acids is 1. The lowest BCUT2D eigenvalue weighted by molar-refractivity contribution is -0.122. The minimum atomic E-state index is -4.73. The van der Waals surface area contributed by atoms with Gasteiger partial charge >= 0.3 is 6.18 Å². The molecule has 122 valence electrons. The summed E-state index contributed by atoms with van der Waals surface area (Å²) in [5, 5.41) is 14.2. The number of halogens is 4. The zero-order valence-electron chi connectivity index (χ0n) is 12.0. The molecule has 1 aromatic carbocycles. The van der Waals surface area contributed by atoms with Crippen LogP contribution < -0.4 is 10.7 Å². The normalized spacial score (nSPS) is 20.4. The molecule has 1 aliphatic heterocycles. The standard InChI is InChI=1S/C14H12F4N4O/c1-8-4-10(3-2-9(8)6-19)20-12(23)13(7-15)5-11(21-22-13)14(16,17)18/h2-4,22H,5,7H2,1H3,(H,20,23). The first-order valence-corrected chi connectivity index (χ1v) is 6.51. The average molecular weight is 328 g/mol. The third kappa shape index (κ3) is 3.26. The maximum Gasteiger partial charge on any atom is 0.431 e. The summed E-state index contributed by atoms with van der Waals surface area (Å²) in [5.74, 6) is -0.966. The van der Waals surface area contributed by atoms with E-state index in [4.69, 9.17) is 5.26 Å². The Balaban J connectivity index is 2.17. The Bertz CT molecular complexity index is 708. The van der Waals surface area contributed by atoms with E-state index in [2.05, 4.69) is 10.4 Å². The molecular weight excluding hydrogens is 316 g/mol. The number of hydrogen-bond acceptors (Lipinski definition) is 4. The first-order valence-electron chi connectivity index (χ1n) is 6.51. The van der Waals surface area contributed by atoms with Gasteiger partial charge in [-0.2, -0.15) is 23.5 Å². The summed E-state index contributed by atoms with van der Waals surface area (Å²) >= 11 is 0. The third-order valence-electron chi connectivity index (χ3n) is 3.47. The van der Waals surface area contributed by atoms with E-state index >= 15 is 0 Å². The van der Waals surface area contributed by atoms with Crippen LogP contribution in [-0.2, 0) is 4.79 Å². The molecule has 1 aromatic rings. The van der Waals surface area contributed by atoms with Gasteiger partial charge in [-0.1, -0.05) is 0 Å². The van der Waals surface area contributed by atoms with Gasteiger partial charge in [-0.15, -0.1) is 0 Å². The molecular formula is C14H12F4N4O. The predicted molar refractivity (Wildman–Crippen MR) is 74.5 cm³/mol. The number of anilines is 1. The summed E-state index contributed by atoms with van der Waals surface area (Å²) in [6, 6.07) is 6.28. The van der Waals surface area contributed by atoms with E-state index in [0.717, 1.165) is 0 Å². The molecule has 1 amide bonds. The predicted octanol–water partition coefficient (Wildman–Crippen LogP) is 2.43. The largest absolute Gasteiger partial charge is 0.431 e. The maximum absolute atomic E-state index is 13.3. The minimum Gasteiger partial charge on any atom is -0.324 e. The number of nitrogens with one attached hydrogen (secondary N) is 2. The van der Waals surface area contributed by atoms with Crippen molar-refractivity contribution < 1.29 is 22.4 Å². The first-order chi connectivity index (χ1) is 10.7. The molecule has 23 heavy (non-hydrogen) atoms. The van der Waals surface area contributed by atoms with Gasteiger partial charge in [0.15, 0.2) is 5.54 Å². The highest BCUT2D eigenvalue weighted by Crippen LogP contribution is 2.29. The Morgan fingerprint density at radius 3 is 2.70 bits per heavy atom. The molecule has 1 unspecified atom stereocenters. The number of alkyl halides is 4. The van der Waals surface area contributed by atoms with Gasteiger partial charge in [0, 0.05) is 12.1 Å². The topological polar surface area (TPSA) is 77.3 Å². The van der Waals surface area contributed by atoms with Gasteiger partial charge in [-0.25, -0.2) is 4.39 Å². The number of nitriles is 1. The molecule has 2 N–H and O–H groups in total. The second-order valence-electron chi connectivity index (χ2n) is 5.16. The van der Waals surface area contributed by atoms with E-state index in [1.807, 2.05) is 11.5 Å². The summed E-state index contributed by atoms with van der Waals surface area (Å²) < 4.78 is 51.1. The molecule has 0 radical (unpaired) electrons. The highest BCUT2D eigenvalue weighted by Gasteiger charge is 2.51. The van der Waals surface area contributed by atoms with Crippen molar-refractivity contribution in [1.82, 2.24) is 5.43 Å². The summed E-state index contributed by atoms with van der Waals surface area (Å²) in [6.07, 6.45) is -5.62. The van der Waals surface area contributed by atoms with Crippen molar-refractivity contribution in [2.24, 2.45) is 5.10 Å². The molecule has 0 spiro atoms. The van der Waals surface area contributed by atoms with Crippen LogP contribution in [0.25, 0.3) is 0 Å². The van der Waals surface area contributed by atoms with Crippen molar-refractivity contribution in [2.75, 3.05) is 12.0 Å². The number of carbonyl (C=O) groups is 1. The smallest absolute Gasteiger partial charge is 0.324 e. The molecule has 1 heterocycles. The molecule has 0 saturated carbocycles. The third-order valence-corrected chi connectivity index (χ3v) is 3.47. The zero-order valence-corrected chi connectivity index (χ0v) is 12.0. The molecule has 9 heteroatoms. The number of amides is 1. The van der Waals surface area contributed by atoms with Crippen LogP contribution in [0.5, 0.6) is 0 Å². The number of hydrazone groups is 1. The van der Waals surface area contributed by atoms with Gasteiger partial charge in [0.1, 0.15) is 12.4 Å². The van der Waals surface area contributed by atoms with Crippen LogP contribution in [0.15, 0.2) is 23.3 Å². The van der Waals surface area contributed by atoms with Gasteiger partial charge in [0.05, 0.1) is 11.6 Å². The molecule has 0 aromatic heterocycles. The van der Waals surface area contributed by atoms with E-state index in [9.17, 15) is 22.4 Å². The van der Waals surface area contributed by atoms with E-state index in [0.29, 0.717) is 11.1 Å². The van der Waals surface area contributed by atoms with Crippen LogP contribution in [0, 0.1) is 18.3 Å². The first kappa shape index (κ1) is 16.7. The lowest BCUT2D eigenvalue weighted by atomic mass is 9.94. The van der Waals surface area contributed by atoms with Crippen molar-refractivity contribution in [1.29, 1.82) is 5.26 Å². The Morgan fingerprint density at radius 2 is 2.22 bits per heavy atom. The monoisotopic (exact) mass is 328 g/mol. The van der Waals surface area contributed by atoms with Crippen LogP contribution in [-0.4, -0.2) is 30.0 Å². The number of hydrogen-bond donors (Lipinski definition) is 2. The second kappa shape index (κ2) is 5.87. The van der Waals surface area contributed by atoms with Crippen LogP contribution in [0.4, 0.5) is 23.2 Å². The second-order valence-corrected chi connectivity index (χ2v) is 5.16. The van der Waals surface area contributed by atoms with Gasteiger partial charge in [-0.05, 0) is 30.7 Å². The summed E-state index contributed by atoms with van der Waals surface area (Å²) in [4.78, 5) is 12.2. The highest BCUT2D eigenvalue weighted by atomic mass is 19.4. The van der Waals surface area contributed by atoms with Crippen molar-refractivity contribution in [3.05, 3.63) is 29.3 Å². The molecule has 1 aliphatic rings. The zero-order chi connectivity index (χ0) is 17.3. The van der Waals surface area contributed by atoms with Gasteiger partial charge in [0.2, 0.25) is 0 Å². The lowest BCUT2D eigenvalue weighted by Gasteiger charge is -2.24. The molecule has 0 bridgehead atoms. The Kier molecular flexibility index (Phi) is 4.27. The van der Waals surface area contributed by atoms with Crippen LogP contribution >= 0.6 is 0 Å². The quantitative estimate of drug-likeness (QED) is 0.837. The fraction of sp³-hybridized carbons (Fsp3) is 0.357. The molecule has 2 rings (SSSR count). The molecule has 0 aliphatic carbocycles. The van der Waals surface area contributed by atoms with Crippen LogP contribution in [0.2, 0.25) is 0 Å². The van der Waals surface area contributed by atoms with Crippen LogP contribution in [0.1, 0.15) is 17.5 Å². The number of nitrogens with zero attached hydrogens (tertiary/aromatic N) is 2.